The normalized spacial score (nSPS) is 10.1. The second-order valence-electron chi connectivity index (χ2n) is 4.17. The molecular weight excluding hydrogens is 324 g/mol. The van der Waals surface area contributed by atoms with Gasteiger partial charge in [0.05, 0.1) is 11.1 Å². The Morgan fingerprint density at radius 1 is 1.20 bits per heavy atom. The Morgan fingerprint density at radius 2 is 1.95 bits per heavy atom. The number of pyridine rings is 1. The molecule has 102 valence electrons. The molecule has 0 bridgehead atoms. The van der Waals surface area contributed by atoms with E-state index in [1.54, 1.807) is 18.3 Å². The number of hydrogen-bond donors (Lipinski definition) is 2. The number of halogens is 1. The van der Waals surface area contributed by atoms with Crippen LogP contribution in [-0.2, 0) is 0 Å². The maximum absolute atomic E-state index is 12.1. The summed E-state index contributed by atoms with van der Waals surface area (Å²) in [6.07, 6.45) is 1.62. The molecule has 0 unspecified atom stereocenters. The van der Waals surface area contributed by atoms with Gasteiger partial charge in [-0.2, -0.15) is 0 Å². The van der Waals surface area contributed by atoms with Gasteiger partial charge in [-0.15, -0.1) is 0 Å². The SMILES string of the molecule is Cc1ccc(NC(=O)c2ccc(Br)cc2C(=O)O)nc1. The highest BCUT2D eigenvalue weighted by atomic mass is 79.9. The molecule has 2 aromatic rings. The van der Waals surface area contributed by atoms with E-state index in [-0.39, 0.29) is 11.1 Å². The average Bonchev–Trinajstić information content (AvgIpc) is 2.41. The number of nitrogens with zero attached hydrogens (tertiary/aromatic N) is 1. The minimum absolute atomic E-state index is 0.0658. The minimum atomic E-state index is -1.16. The molecule has 0 atom stereocenters. The molecule has 0 radical (unpaired) electrons. The van der Waals surface area contributed by atoms with Gasteiger partial charge in [0.15, 0.2) is 0 Å². The van der Waals surface area contributed by atoms with Crippen molar-refractivity contribution in [2.24, 2.45) is 0 Å². The largest absolute Gasteiger partial charge is 0.478 e. The van der Waals surface area contributed by atoms with Crippen LogP contribution in [0.1, 0.15) is 26.3 Å². The Bertz CT molecular complexity index is 669. The lowest BCUT2D eigenvalue weighted by molar-refractivity contribution is 0.0692. The first kappa shape index (κ1) is 14.2. The number of carbonyl (C=O) groups excluding carboxylic acids is 1. The number of amides is 1. The Balaban J connectivity index is 2.29. The summed E-state index contributed by atoms with van der Waals surface area (Å²) >= 11 is 3.18. The van der Waals surface area contributed by atoms with Crippen molar-refractivity contribution in [3.05, 3.63) is 57.7 Å². The number of carboxylic acids is 1. The van der Waals surface area contributed by atoms with Gasteiger partial charge in [0.2, 0.25) is 0 Å². The second kappa shape index (κ2) is 5.83. The van der Waals surface area contributed by atoms with E-state index in [0.717, 1.165) is 5.56 Å². The number of aryl methyl sites for hydroxylation is 1. The molecular formula is C14H11BrN2O3. The van der Waals surface area contributed by atoms with Gasteiger partial charge in [0.1, 0.15) is 5.82 Å². The van der Waals surface area contributed by atoms with Crippen LogP contribution < -0.4 is 5.32 Å². The lowest BCUT2D eigenvalue weighted by atomic mass is 10.1. The van der Waals surface area contributed by atoms with Crippen molar-refractivity contribution in [1.82, 2.24) is 4.98 Å². The predicted octanol–water partition coefficient (Wildman–Crippen LogP) is 3.10. The summed E-state index contributed by atoms with van der Waals surface area (Å²) in [7, 11) is 0. The third kappa shape index (κ3) is 3.21. The van der Waals surface area contributed by atoms with E-state index >= 15 is 0 Å². The molecule has 6 heteroatoms. The first-order chi connectivity index (χ1) is 9.47. The molecule has 1 heterocycles. The highest BCUT2D eigenvalue weighted by molar-refractivity contribution is 9.10. The molecule has 2 N–H and O–H groups in total. The van der Waals surface area contributed by atoms with E-state index in [2.05, 4.69) is 26.2 Å². The maximum atomic E-state index is 12.1. The van der Waals surface area contributed by atoms with Gasteiger partial charge in [-0.25, -0.2) is 9.78 Å². The van der Waals surface area contributed by atoms with E-state index in [9.17, 15) is 9.59 Å². The third-order valence-electron chi connectivity index (χ3n) is 2.61. The Kier molecular flexibility index (Phi) is 4.14. The Labute approximate surface area is 123 Å². The molecule has 0 spiro atoms. The summed E-state index contributed by atoms with van der Waals surface area (Å²) in [6, 6.07) is 7.93. The van der Waals surface area contributed by atoms with Crippen LogP contribution in [0.3, 0.4) is 0 Å². The number of benzene rings is 1. The fourth-order valence-corrected chi connectivity index (χ4v) is 1.98. The topological polar surface area (TPSA) is 79.3 Å². The van der Waals surface area contributed by atoms with E-state index in [1.165, 1.54) is 12.1 Å². The van der Waals surface area contributed by atoms with E-state index in [1.807, 2.05) is 13.0 Å². The molecule has 0 fully saturated rings. The number of anilines is 1. The van der Waals surface area contributed by atoms with E-state index in [0.29, 0.717) is 10.3 Å². The monoisotopic (exact) mass is 334 g/mol. The highest BCUT2D eigenvalue weighted by Gasteiger charge is 2.17. The molecule has 1 amide bonds. The molecule has 2 rings (SSSR count). The van der Waals surface area contributed by atoms with Crippen LogP contribution in [0.2, 0.25) is 0 Å². The van der Waals surface area contributed by atoms with Crippen LogP contribution >= 0.6 is 15.9 Å². The summed E-state index contributed by atoms with van der Waals surface area (Å²) in [4.78, 5) is 27.3. The molecule has 20 heavy (non-hydrogen) atoms. The molecule has 1 aromatic carbocycles. The Hall–Kier alpha value is -2.21. The van der Waals surface area contributed by atoms with Gasteiger partial charge in [0, 0.05) is 10.7 Å². The van der Waals surface area contributed by atoms with Crippen LogP contribution in [0, 0.1) is 6.92 Å². The lowest BCUT2D eigenvalue weighted by Gasteiger charge is -2.07. The van der Waals surface area contributed by atoms with Gasteiger partial charge in [0.25, 0.3) is 5.91 Å². The molecule has 5 nitrogen and oxygen atoms in total. The summed E-state index contributed by atoms with van der Waals surface area (Å²) in [6.45, 7) is 1.88. The standard InChI is InChI=1S/C14H11BrN2O3/c1-8-2-5-12(16-7-8)17-13(18)10-4-3-9(15)6-11(10)14(19)20/h2-7H,1H3,(H,19,20)(H,16,17,18). The smallest absolute Gasteiger partial charge is 0.336 e. The number of hydrogen-bond acceptors (Lipinski definition) is 3. The van der Waals surface area contributed by atoms with Gasteiger partial charge < -0.3 is 10.4 Å². The van der Waals surface area contributed by atoms with Crippen molar-refractivity contribution < 1.29 is 14.7 Å². The zero-order valence-electron chi connectivity index (χ0n) is 10.6. The number of carboxylic acid groups (broad SMARTS) is 1. The quantitative estimate of drug-likeness (QED) is 0.903. The molecule has 0 saturated heterocycles. The van der Waals surface area contributed by atoms with Crippen molar-refractivity contribution in [1.29, 1.82) is 0 Å². The van der Waals surface area contributed by atoms with Gasteiger partial charge in [-0.05, 0) is 36.8 Å². The van der Waals surface area contributed by atoms with Crippen LogP contribution in [0.25, 0.3) is 0 Å². The highest BCUT2D eigenvalue weighted by Crippen LogP contribution is 2.18. The number of carbonyl (C=O) groups is 2. The summed E-state index contributed by atoms with van der Waals surface area (Å²) in [5.41, 5.74) is 0.991. The van der Waals surface area contributed by atoms with Gasteiger partial charge in [-0.3, -0.25) is 4.79 Å². The fraction of sp³-hybridized carbons (Fsp3) is 0.0714. The van der Waals surface area contributed by atoms with Crippen molar-refractivity contribution >= 4 is 33.6 Å². The van der Waals surface area contributed by atoms with Crippen molar-refractivity contribution in [2.75, 3.05) is 5.32 Å². The van der Waals surface area contributed by atoms with Crippen LogP contribution in [0.5, 0.6) is 0 Å². The summed E-state index contributed by atoms with van der Waals surface area (Å²) in [5.74, 6) is -1.29. The number of aromatic carboxylic acids is 1. The first-order valence-corrected chi connectivity index (χ1v) is 6.53. The molecule has 0 saturated carbocycles. The average molecular weight is 335 g/mol. The molecule has 0 aliphatic rings. The van der Waals surface area contributed by atoms with Crippen LogP contribution in [0.15, 0.2) is 41.0 Å². The first-order valence-electron chi connectivity index (χ1n) is 5.74. The maximum Gasteiger partial charge on any atom is 0.336 e. The Morgan fingerprint density at radius 3 is 2.55 bits per heavy atom. The van der Waals surface area contributed by atoms with Gasteiger partial charge >= 0.3 is 5.97 Å². The van der Waals surface area contributed by atoms with E-state index < -0.39 is 11.9 Å². The molecule has 0 aliphatic carbocycles. The second-order valence-corrected chi connectivity index (χ2v) is 5.09. The van der Waals surface area contributed by atoms with Crippen LogP contribution in [0.4, 0.5) is 5.82 Å². The number of aromatic nitrogens is 1. The predicted molar refractivity (Wildman–Crippen MR) is 78.0 cm³/mol. The minimum Gasteiger partial charge on any atom is -0.478 e. The third-order valence-corrected chi connectivity index (χ3v) is 3.10. The van der Waals surface area contributed by atoms with Gasteiger partial charge in [-0.1, -0.05) is 22.0 Å². The lowest BCUT2D eigenvalue weighted by Crippen LogP contribution is -2.17. The van der Waals surface area contributed by atoms with Crippen molar-refractivity contribution in [2.45, 2.75) is 6.92 Å². The number of rotatable bonds is 3. The zero-order chi connectivity index (χ0) is 14.7. The fourth-order valence-electron chi connectivity index (χ4n) is 1.62. The summed E-state index contributed by atoms with van der Waals surface area (Å²) < 4.78 is 0.597. The van der Waals surface area contributed by atoms with Crippen molar-refractivity contribution in [3.63, 3.8) is 0 Å². The molecule has 0 aliphatic heterocycles. The molecule has 1 aromatic heterocycles. The van der Waals surface area contributed by atoms with Crippen LogP contribution in [-0.4, -0.2) is 22.0 Å². The summed E-state index contributed by atoms with van der Waals surface area (Å²) in [5, 5.41) is 11.7. The number of nitrogens with one attached hydrogen (secondary N) is 1. The van der Waals surface area contributed by atoms with E-state index in [4.69, 9.17) is 5.11 Å². The zero-order valence-corrected chi connectivity index (χ0v) is 12.1. The van der Waals surface area contributed by atoms with Crippen molar-refractivity contribution in [3.8, 4) is 0 Å².